The first-order chi connectivity index (χ1) is 12.4. The van der Waals surface area contributed by atoms with Crippen LogP contribution in [0.2, 0.25) is 0 Å². The maximum atomic E-state index is 13.6. The average Bonchev–Trinajstić information content (AvgIpc) is 3.06. The summed E-state index contributed by atoms with van der Waals surface area (Å²) in [5, 5.41) is 9.20. The Morgan fingerprint density at radius 1 is 1.19 bits per heavy atom. The van der Waals surface area contributed by atoms with Gasteiger partial charge in [0.05, 0.1) is 10.9 Å². The quantitative estimate of drug-likeness (QED) is 0.658. The number of aryl methyl sites for hydroxylation is 1. The molecule has 1 atom stereocenters. The minimum Gasteiger partial charge on any atom is -0.323 e. The summed E-state index contributed by atoms with van der Waals surface area (Å²) >= 11 is 1.14. The lowest BCUT2D eigenvalue weighted by molar-refractivity contribution is -0.115. The van der Waals surface area contributed by atoms with Crippen LogP contribution in [-0.2, 0) is 4.79 Å². The van der Waals surface area contributed by atoms with E-state index in [1.165, 1.54) is 6.07 Å². The number of nitrogens with zero attached hydrogens (tertiary/aromatic N) is 2. The number of H-pyrrole nitrogens is 1. The number of aromatic nitrogens is 3. The van der Waals surface area contributed by atoms with Crippen LogP contribution in [0.3, 0.4) is 0 Å². The van der Waals surface area contributed by atoms with E-state index < -0.39 is 22.8 Å². The second kappa shape index (κ2) is 7.65. The van der Waals surface area contributed by atoms with Gasteiger partial charge in [0.15, 0.2) is 5.82 Å². The number of thioether (sulfide) groups is 1. The van der Waals surface area contributed by atoms with Gasteiger partial charge in [0, 0.05) is 11.6 Å². The van der Waals surface area contributed by atoms with Crippen molar-refractivity contribution in [3.05, 3.63) is 59.7 Å². The van der Waals surface area contributed by atoms with Gasteiger partial charge < -0.3 is 5.32 Å². The van der Waals surface area contributed by atoms with Crippen molar-refractivity contribution >= 4 is 23.4 Å². The monoisotopic (exact) mass is 374 g/mol. The lowest BCUT2D eigenvalue weighted by atomic mass is 10.1. The zero-order valence-corrected chi connectivity index (χ0v) is 14.9. The summed E-state index contributed by atoms with van der Waals surface area (Å²) in [4.78, 5) is 16.6. The van der Waals surface area contributed by atoms with Crippen molar-refractivity contribution in [2.24, 2.45) is 0 Å². The van der Waals surface area contributed by atoms with E-state index in [4.69, 9.17) is 0 Å². The van der Waals surface area contributed by atoms with E-state index >= 15 is 0 Å². The smallest absolute Gasteiger partial charge is 0.237 e. The molecule has 3 rings (SSSR count). The van der Waals surface area contributed by atoms with Crippen molar-refractivity contribution in [2.45, 2.75) is 24.3 Å². The van der Waals surface area contributed by atoms with Crippen molar-refractivity contribution in [3.8, 4) is 11.4 Å². The number of carbonyl (C=O) groups excluding carboxylic acids is 1. The molecule has 8 heteroatoms. The number of aromatic amines is 1. The summed E-state index contributed by atoms with van der Waals surface area (Å²) in [7, 11) is 0. The van der Waals surface area contributed by atoms with E-state index in [1.807, 2.05) is 31.2 Å². The molecular weight excluding hydrogens is 358 g/mol. The molecule has 1 amide bonds. The zero-order valence-electron chi connectivity index (χ0n) is 14.1. The molecule has 0 radical (unpaired) electrons. The molecule has 2 N–H and O–H groups in total. The van der Waals surface area contributed by atoms with Gasteiger partial charge in [-0.1, -0.05) is 41.6 Å². The Morgan fingerprint density at radius 2 is 1.92 bits per heavy atom. The molecule has 0 bridgehead atoms. The van der Waals surface area contributed by atoms with Crippen LogP contribution in [0.4, 0.5) is 14.5 Å². The molecule has 5 nitrogen and oxygen atoms in total. The van der Waals surface area contributed by atoms with Crippen molar-refractivity contribution in [3.63, 3.8) is 0 Å². The third-order valence-electron chi connectivity index (χ3n) is 3.63. The number of halogens is 2. The molecule has 0 aliphatic heterocycles. The van der Waals surface area contributed by atoms with Crippen LogP contribution < -0.4 is 5.32 Å². The SMILES string of the molecule is Cc1ccc(-c2nc(S[C@@H](C)C(=O)Nc3ccc(F)cc3F)n[nH]2)cc1. The number of amides is 1. The van der Waals surface area contributed by atoms with E-state index in [0.717, 1.165) is 35.0 Å². The largest absolute Gasteiger partial charge is 0.323 e. The first-order valence-corrected chi connectivity index (χ1v) is 8.72. The van der Waals surface area contributed by atoms with Crippen LogP contribution in [0.1, 0.15) is 12.5 Å². The molecule has 0 unspecified atom stereocenters. The lowest BCUT2D eigenvalue weighted by Gasteiger charge is -2.10. The highest BCUT2D eigenvalue weighted by molar-refractivity contribution is 8.00. The Kier molecular flexibility index (Phi) is 5.32. The van der Waals surface area contributed by atoms with Crippen LogP contribution >= 0.6 is 11.8 Å². The van der Waals surface area contributed by atoms with Crippen LogP contribution in [-0.4, -0.2) is 26.3 Å². The predicted octanol–water partition coefficient (Wildman–Crippen LogP) is 4.18. The fourth-order valence-electron chi connectivity index (χ4n) is 2.18. The molecule has 3 aromatic rings. The Morgan fingerprint density at radius 3 is 2.62 bits per heavy atom. The molecule has 0 saturated carbocycles. The van der Waals surface area contributed by atoms with Gasteiger partial charge in [0.25, 0.3) is 0 Å². The molecular formula is C18H16F2N4OS. The molecule has 26 heavy (non-hydrogen) atoms. The van der Waals surface area contributed by atoms with E-state index in [0.29, 0.717) is 11.0 Å². The van der Waals surface area contributed by atoms with Gasteiger partial charge in [0.1, 0.15) is 11.6 Å². The van der Waals surface area contributed by atoms with E-state index in [1.54, 1.807) is 6.92 Å². The number of hydrogen-bond donors (Lipinski definition) is 2. The summed E-state index contributed by atoms with van der Waals surface area (Å²) < 4.78 is 26.5. The normalized spacial score (nSPS) is 12.0. The number of rotatable bonds is 5. The molecule has 0 aliphatic carbocycles. The van der Waals surface area contributed by atoms with Crippen LogP contribution in [0.25, 0.3) is 11.4 Å². The Balaban J connectivity index is 1.65. The van der Waals surface area contributed by atoms with Crippen molar-refractivity contribution in [2.75, 3.05) is 5.32 Å². The van der Waals surface area contributed by atoms with E-state index in [-0.39, 0.29) is 5.69 Å². The summed E-state index contributed by atoms with van der Waals surface area (Å²) in [6.45, 7) is 3.65. The van der Waals surface area contributed by atoms with Gasteiger partial charge >= 0.3 is 0 Å². The minimum absolute atomic E-state index is 0.0702. The van der Waals surface area contributed by atoms with Gasteiger partial charge in [-0.05, 0) is 26.0 Å². The second-order valence-corrected chi connectivity index (χ2v) is 7.01. The summed E-state index contributed by atoms with van der Waals surface area (Å²) in [6.07, 6.45) is 0. The predicted molar refractivity (Wildman–Crippen MR) is 96.9 cm³/mol. The molecule has 2 aromatic carbocycles. The summed E-state index contributed by atoms with van der Waals surface area (Å²) in [6, 6.07) is 10.8. The number of nitrogens with one attached hydrogen (secondary N) is 2. The molecule has 0 saturated heterocycles. The Hall–Kier alpha value is -2.74. The zero-order chi connectivity index (χ0) is 18.7. The standard InChI is InChI=1S/C18H16F2N4OS/c1-10-3-5-12(6-4-10)16-22-18(24-23-16)26-11(2)17(25)21-15-8-7-13(19)9-14(15)20/h3-9,11H,1-2H3,(H,21,25)(H,22,23,24)/t11-/m0/s1. The average molecular weight is 374 g/mol. The molecule has 0 aliphatic rings. The van der Waals surface area contributed by atoms with Crippen LogP contribution in [0.5, 0.6) is 0 Å². The summed E-state index contributed by atoms with van der Waals surface area (Å²) in [5.41, 5.74) is 1.96. The van der Waals surface area contributed by atoms with Crippen molar-refractivity contribution in [1.29, 1.82) is 0 Å². The lowest BCUT2D eigenvalue weighted by Crippen LogP contribution is -2.23. The first kappa shape index (κ1) is 18.1. The highest BCUT2D eigenvalue weighted by Crippen LogP contribution is 2.24. The number of benzene rings is 2. The maximum absolute atomic E-state index is 13.6. The van der Waals surface area contributed by atoms with Gasteiger partial charge in [0.2, 0.25) is 11.1 Å². The van der Waals surface area contributed by atoms with Gasteiger partial charge in [-0.2, -0.15) is 0 Å². The Labute approximate surface area is 153 Å². The van der Waals surface area contributed by atoms with Crippen LogP contribution in [0, 0.1) is 18.6 Å². The van der Waals surface area contributed by atoms with Gasteiger partial charge in [-0.3, -0.25) is 9.89 Å². The number of carbonyl (C=O) groups is 1. The molecule has 1 aromatic heterocycles. The van der Waals surface area contributed by atoms with Crippen LogP contribution in [0.15, 0.2) is 47.6 Å². The number of hydrogen-bond acceptors (Lipinski definition) is 4. The van der Waals surface area contributed by atoms with Gasteiger partial charge in [-0.25, -0.2) is 13.8 Å². The maximum Gasteiger partial charge on any atom is 0.237 e. The molecule has 0 fully saturated rings. The molecule has 1 heterocycles. The van der Waals surface area contributed by atoms with E-state index in [9.17, 15) is 13.6 Å². The topological polar surface area (TPSA) is 70.7 Å². The molecule has 134 valence electrons. The fraction of sp³-hybridized carbons (Fsp3) is 0.167. The van der Waals surface area contributed by atoms with Gasteiger partial charge in [-0.15, -0.1) is 5.10 Å². The number of anilines is 1. The fourth-order valence-corrected chi connectivity index (χ4v) is 2.90. The first-order valence-electron chi connectivity index (χ1n) is 7.84. The van der Waals surface area contributed by atoms with Crippen molar-refractivity contribution in [1.82, 2.24) is 15.2 Å². The Bertz CT molecular complexity index is 927. The third kappa shape index (κ3) is 4.26. The highest BCUT2D eigenvalue weighted by atomic mass is 32.2. The highest BCUT2D eigenvalue weighted by Gasteiger charge is 2.19. The minimum atomic E-state index is -0.824. The summed E-state index contributed by atoms with van der Waals surface area (Å²) in [5.74, 6) is -1.35. The molecule has 0 spiro atoms. The third-order valence-corrected chi connectivity index (χ3v) is 4.59. The van der Waals surface area contributed by atoms with Crippen molar-refractivity contribution < 1.29 is 13.6 Å². The second-order valence-electron chi connectivity index (χ2n) is 5.71. The van der Waals surface area contributed by atoms with E-state index in [2.05, 4.69) is 20.5 Å².